The van der Waals surface area contributed by atoms with Crippen LogP contribution in [0, 0.1) is 0 Å². The van der Waals surface area contributed by atoms with E-state index in [1.807, 2.05) is 0 Å². The summed E-state index contributed by atoms with van der Waals surface area (Å²) >= 11 is 0. The molecule has 1 heterocycles. The maximum atomic E-state index is 5.44. The smallest absolute Gasteiger partial charge is 0.0800 e. The Balaban J connectivity index is 2.37. The molecular weight excluding hydrogens is 186 g/mol. The van der Waals surface area contributed by atoms with Crippen molar-refractivity contribution in [1.29, 1.82) is 0 Å². The fraction of sp³-hybridized carbons (Fsp3) is 0.385. The van der Waals surface area contributed by atoms with Gasteiger partial charge in [0, 0.05) is 18.8 Å². The van der Waals surface area contributed by atoms with Gasteiger partial charge in [0.25, 0.3) is 0 Å². The molecule has 2 rings (SSSR count). The summed E-state index contributed by atoms with van der Waals surface area (Å²) in [6, 6.07) is 10.5. The van der Waals surface area contributed by atoms with Gasteiger partial charge in [-0.2, -0.15) is 0 Å². The molecule has 2 aromatic rings. The van der Waals surface area contributed by atoms with Crippen molar-refractivity contribution >= 4 is 10.9 Å². The summed E-state index contributed by atoms with van der Waals surface area (Å²) < 4.78 is 7.67. The summed E-state index contributed by atoms with van der Waals surface area (Å²) in [7, 11) is 1.76. The molecule has 1 aromatic heterocycles. The quantitative estimate of drug-likeness (QED) is 0.747. The van der Waals surface area contributed by atoms with Crippen molar-refractivity contribution in [1.82, 2.24) is 4.57 Å². The van der Waals surface area contributed by atoms with Gasteiger partial charge >= 0.3 is 0 Å². The minimum atomic E-state index is -0.123. The molecule has 2 nitrogen and oxygen atoms in total. The van der Waals surface area contributed by atoms with E-state index in [1.165, 1.54) is 10.9 Å². The second-order valence-corrected chi connectivity index (χ2v) is 4.47. The Labute approximate surface area is 90.5 Å². The molecular formula is C13H17NO. The van der Waals surface area contributed by atoms with E-state index in [-0.39, 0.29) is 5.60 Å². The highest BCUT2D eigenvalue weighted by Gasteiger charge is 2.17. The maximum Gasteiger partial charge on any atom is 0.0800 e. The predicted molar refractivity (Wildman–Crippen MR) is 63.0 cm³/mol. The Morgan fingerprint density at radius 2 is 1.93 bits per heavy atom. The maximum absolute atomic E-state index is 5.44. The Bertz CT molecular complexity index is 456. The first-order valence-corrected chi connectivity index (χ1v) is 5.21. The molecule has 2 heteroatoms. The molecule has 1 aromatic carbocycles. The van der Waals surface area contributed by atoms with Gasteiger partial charge in [-0.3, -0.25) is 0 Å². The number of hydrogen-bond acceptors (Lipinski definition) is 1. The first-order valence-electron chi connectivity index (χ1n) is 5.21. The van der Waals surface area contributed by atoms with E-state index < -0.39 is 0 Å². The third-order valence-corrected chi connectivity index (χ3v) is 2.78. The number of hydrogen-bond donors (Lipinski definition) is 0. The van der Waals surface area contributed by atoms with E-state index in [0.29, 0.717) is 0 Å². The van der Waals surface area contributed by atoms with Crippen LogP contribution in [0.4, 0.5) is 0 Å². The number of fused-ring (bicyclic) bond motifs is 1. The number of nitrogens with zero attached hydrogens (tertiary/aromatic N) is 1. The number of rotatable bonds is 3. The summed E-state index contributed by atoms with van der Waals surface area (Å²) in [4.78, 5) is 0. The summed E-state index contributed by atoms with van der Waals surface area (Å²) in [5.74, 6) is 0. The van der Waals surface area contributed by atoms with Gasteiger partial charge in [0.2, 0.25) is 0 Å². The van der Waals surface area contributed by atoms with E-state index in [2.05, 4.69) is 54.9 Å². The molecule has 15 heavy (non-hydrogen) atoms. The molecule has 0 unspecified atom stereocenters. The normalized spacial score (nSPS) is 12.2. The predicted octanol–water partition coefficient (Wildman–Crippen LogP) is 3.07. The Morgan fingerprint density at radius 3 is 2.67 bits per heavy atom. The Kier molecular flexibility index (Phi) is 2.53. The first kappa shape index (κ1) is 10.2. The van der Waals surface area contributed by atoms with Crippen molar-refractivity contribution < 1.29 is 4.74 Å². The van der Waals surface area contributed by atoms with Gasteiger partial charge in [-0.25, -0.2) is 0 Å². The van der Waals surface area contributed by atoms with Crippen LogP contribution in [0.2, 0.25) is 0 Å². The molecule has 0 saturated carbocycles. The summed E-state index contributed by atoms with van der Waals surface area (Å²) in [6.45, 7) is 5.07. The van der Waals surface area contributed by atoms with Gasteiger partial charge in [-0.15, -0.1) is 0 Å². The zero-order valence-electron chi connectivity index (χ0n) is 9.53. The number of aromatic nitrogens is 1. The van der Waals surface area contributed by atoms with Crippen LogP contribution >= 0.6 is 0 Å². The first-order chi connectivity index (χ1) is 7.12. The molecule has 0 bridgehead atoms. The molecule has 0 fully saturated rings. The molecule has 80 valence electrons. The van der Waals surface area contributed by atoms with Crippen LogP contribution in [0.3, 0.4) is 0 Å². The van der Waals surface area contributed by atoms with Crippen molar-refractivity contribution in [3.63, 3.8) is 0 Å². The third kappa shape index (κ3) is 2.05. The molecule has 0 atom stereocenters. The van der Waals surface area contributed by atoms with Crippen LogP contribution in [-0.4, -0.2) is 17.3 Å². The van der Waals surface area contributed by atoms with Gasteiger partial charge in [0.1, 0.15) is 0 Å². The largest absolute Gasteiger partial charge is 0.377 e. The molecule has 0 spiro atoms. The van der Waals surface area contributed by atoms with E-state index in [9.17, 15) is 0 Å². The Hall–Kier alpha value is -1.28. The lowest BCUT2D eigenvalue weighted by atomic mass is 10.1. The number of para-hydroxylation sites is 1. The average molecular weight is 203 g/mol. The zero-order valence-corrected chi connectivity index (χ0v) is 9.53. The van der Waals surface area contributed by atoms with Crippen LogP contribution < -0.4 is 0 Å². The SMILES string of the molecule is COC(C)(C)Cn1ccc2ccccc21. The third-order valence-electron chi connectivity index (χ3n) is 2.78. The van der Waals surface area contributed by atoms with Gasteiger partial charge < -0.3 is 9.30 Å². The van der Waals surface area contributed by atoms with Gasteiger partial charge in [-0.1, -0.05) is 18.2 Å². The monoisotopic (exact) mass is 203 g/mol. The molecule has 0 saturated heterocycles. The minimum absolute atomic E-state index is 0.123. The van der Waals surface area contributed by atoms with Crippen LogP contribution in [0.25, 0.3) is 10.9 Å². The second kappa shape index (κ2) is 3.70. The van der Waals surface area contributed by atoms with Crippen molar-refractivity contribution in [2.45, 2.75) is 26.0 Å². The zero-order chi connectivity index (χ0) is 10.9. The van der Waals surface area contributed by atoms with Crippen molar-refractivity contribution in [3.8, 4) is 0 Å². The van der Waals surface area contributed by atoms with Crippen LogP contribution in [0.5, 0.6) is 0 Å². The van der Waals surface area contributed by atoms with Crippen molar-refractivity contribution in [2.75, 3.05) is 7.11 Å². The van der Waals surface area contributed by atoms with Gasteiger partial charge in [-0.05, 0) is 31.4 Å². The van der Waals surface area contributed by atoms with E-state index >= 15 is 0 Å². The Morgan fingerprint density at radius 1 is 1.20 bits per heavy atom. The standard InChI is InChI=1S/C13H17NO/c1-13(2,15-3)10-14-9-8-11-6-4-5-7-12(11)14/h4-9H,10H2,1-3H3. The average Bonchev–Trinajstić information content (AvgIpc) is 2.62. The molecule has 0 aliphatic rings. The topological polar surface area (TPSA) is 14.2 Å². The van der Waals surface area contributed by atoms with E-state index in [4.69, 9.17) is 4.74 Å². The fourth-order valence-electron chi connectivity index (χ4n) is 1.75. The second-order valence-electron chi connectivity index (χ2n) is 4.47. The summed E-state index contributed by atoms with van der Waals surface area (Å²) in [6.07, 6.45) is 2.12. The van der Waals surface area contributed by atoms with Gasteiger partial charge in [0.05, 0.1) is 12.1 Å². The number of benzene rings is 1. The van der Waals surface area contributed by atoms with Gasteiger partial charge in [0.15, 0.2) is 0 Å². The lowest BCUT2D eigenvalue weighted by molar-refractivity contribution is 0.00914. The highest BCUT2D eigenvalue weighted by molar-refractivity contribution is 5.79. The highest BCUT2D eigenvalue weighted by atomic mass is 16.5. The van der Waals surface area contributed by atoms with Crippen LogP contribution in [0.15, 0.2) is 36.5 Å². The summed E-state index contributed by atoms with van der Waals surface area (Å²) in [5, 5.41) is 1.28. The molecule has 0 amide bonds. The molecule has 0 aliphatic carbocycles. The van der Waals surface area contributed by atoms with E-state index in [1.54, 1.807) is 7.11 Å². The lowest BCUT2D eigenvalue weighted by Crippen LogP contribution is -2.28. The summed E-state index contributed by atoms with van der Waals surface area (Å²) in [5.41, 5.74) is 1.14. The van der Waals surface area contributed by atoms with Crippen LogP contribution in [-0.2, 0) is 11.3 Å². The lowest BCUT2D eigenvalue weighted by Gasteiger charge is -2.23. The van der Waals surface area contributed by atoms with Crippen molar-refractivity contribution in [3.05, 3.63) is 36.5 Å². The van der Waals surface area contributed by atoms with Crippen molar-refractivity contribution in [2.24, 2.45) is 0 Å². The fourth-order valence-corrected chi connectivity index (χ4v) is 1.75. The molecule has 0 N–H and O–H groups in total. The molecule has 0 aliphatic heterocycles. The number of ether oxygens (including phenoxy) is 1. The minimum Gasteiger partial charge on any atom is -0.377 e. The highest BCUT2D eigenvalue weighted by Crippen LogP contribution is 2.19. The molecule has 0 radical (unpaired) electrons. The van der Waals surface area contributed by atoms with E-state index in [0.717, 1.165) is 6.54 Å². The van der Waals surface area contributed by atoms with Crippen LogP contribution in [0.1, 0.15) is 13.8 Å². The number of methoxy groups -OCH3 is 1.